The number of fused-ring (bicyclic) bond motifs is 1. The van der Waals surface area contributed by atoms with Gasteiger partial charge in [0.2, 0.25) is 0 Å². The van der Waals surface area contributed by atoms with Crippen molar-refractivity contribution in [2.24, 2.45) is 11.8 Å². The molecule has 3 aromatic rings. The maximum Gasteiger partial charge on any atom is 0.267 e. The molecule has 1 aliphatic heterocycles. The summed E-state index contributed by atoms with van der Waals surface area (Å²) in [5, 5.41) is 0.932. The van der Waals surface area contributed by atoms with Gasteiger partial charge in [-0.3, -0.25) is 10.2 Å². The number of nitrogen functional groups attached to an aromatic ring is 1. The third kappa shape index (κ3) is 4.71. The number of carbonyl (C=O) groups excluding carboxylic acids is 1. The number of nitrogens with zero attached hydrogens (tertiary/aromatic N) is 2. The Balaban J connectivity index is 1.27. The van der Waals surface area contributed by atoms with Gasteiger partial charge in [-0.25, -0.2) is 10.2 Å². The molecule has 1 amide bonds. The second-order valence-electron chi connectivity index (χ2n) is 8.20. The number of carbonyl (C=O) groups is 1. The van der Waals surface area contributed by atoms with Crippen LogP contribution < -0.4 is 11.3 Å². The highest BCUT2D eigenvalue weighted by Crippen LogP contribution is 2.24. The van der Waals surface area contributed by atoms with Crippen molar-refractivity contribution in [2.45, 2.75) is 32.2 Å². The zero-order valence-electron chi connectivity index (χ0n) is 17.2. The topological polar surface area (TPSA) is 63.3 Å². The Kier molecular flexibility index (Phi) is 6.45. The van der Waals surface area contributed by atoms with Crippen LogP contribution in [0, 0.1) is 11.7 Å². The first kappa shape index (κ1) is 20.6. The number of hydrogen-bond donors (Lipinski definition) is 2. The molecule has 0 unspecified atom stereocenters. The van der Waals surface area contributed by atoms with Crippen LogP contribution in [0.3, 0.4) is 0 Å². The number of piperidine rings is 1. The molecule has 1 aromatic heterocycles. The number of aromatic nitrogens is 1. The normalized spacial score (nSPS) is 15.5. The Labute approximate surface area is 176 Å². The average molecular weight is 409 g/mol. The minimum absolute atomic E-state index is 0.167. The fourth-order valence-corrected chi connectivity index (χ4v) is 4.52. The standard InChI is InChI=1S/C24H29FN4O/c25-20-8-6-18(7-9-20)16-19-10-14-28(15-11-19)12-3-13-29-17-22(24(30)27-26)21-4-1-2-5-23(21)29/h1-2,4-9,17,19H,3,10-16,26H2,(H,27,30). The van der Waals surface area contributed by atoms with E-state index < -0.39 is 0 Å². The average Bonchev–Trinajstić information content (AvgIpc) is 3.15. The van der Waals surface area contributed by atoms with E-state index in [1.54, 1.807) is 12.1 Å². The van der Waals surface area contributed by atoms with Crippen LogP contribution in [0.4, 0.5) is 4.39 Å². The van der Waals surface area contributed by atoms with E-state index >= 15 is 0 Å². The van der Waals surface area contributed by atoms with E-state index in [1.165, 1.54) is 18.4 Å². The van der Waals surface area contributed by atoms with Crippen molar-refractivity contribution in [1.29, 1.82) is 0 Å². The number of likely N-dealkylation sites (tertiary alicyclic amines) is 1. The minimum Gasteiger partial charge on any atom is -0.347 e. The van der Waals surface area contributed by atoms with Gasteiger partial charge in [0, 0.05) is 23.6 Å². The van der Waals surface area contributed by atoms with Crippen LogP contribution in [-0.2, 0) is 13.0 Å². The van der Waals surface area contributed by atoms with Crippen molar-refractivity contribution in [2.75, 3.05) is 19.6 Å². The lowest BCUT2D eigenvalue weighted by molar-refractivity contribution is 0.0955. The van der Waals surface area contributed by atoms with Gasteiger partial charge in [-0.1, -0.05) is 30.3 Å². The number of amides is 1. The molecular weight excluding hydrogens is 379 g/mol. The summed E-state index contributed by atoms with van der Waals surface area (Å²) in [6.45, 7) is 4.14. The second-order valence-corrected chi connectivity index (χ2v) is 8.20. The molecule has 158 valence electrons. The lowest BCUT2D eigenvalue weighted by Gasteiger charge is -2.32. The van der Waals surface area contributed by atoms with E-state index in [4.69, 9.17) is 5.84 Å². The van der Waals surface area contributed by atoms with Crippen LogP contribution in [0.1, 0.15) is 35.2 Å². The van der Waals surface area contributed by atoms with E-state index in [2.05, 4.69) is 14.9 Å². The zero-order chi connectivity index (χ0) is 20.9. The van der Waals surface area contributed by atoms with Crippen LogP contribution >= 0.6 is 0 Å². The maximum atomic E-state index is 13.1. The number of hydrogen-bond acceptors (Lipinski definition) is 3. The van der Waals surface area contributed by atoms with Gasteiger partial charge in [0.1, 0.15) is 5.82 Å². The number of rotatable bonds is 7. The molecule has 0 spiro atoms. The summed E-state index contributed by atoms with van der Waals surface area (Å²) < 4.78 is 15.2. The maximum absolute atomic E-state index is 13.1. The number of nitrogens with two attached hydrogens (primary N) is 1. The molecule has 0 radical (unpaired) electrons. The Hall–Kier alpha value is -2.70. The Bertz CT molecular complexity index is 990. The van der Waals surface area contributed by atoms with Gasteiger partial charge < -0.3 is 9.47 Å². The third-order valence-corrected chi connectivity index (χ3v) is 6.18. The van der Waals surface area contributed by atoms with Crippen LogP contribution in [0.25, 0.3) is 10.9 Å². The van der Waals surface area contributed by atoms with Gasteiger partial charge in [0.25, 0.3) is 5.91 Å². The highest BCUT2D eigenvalue weighted by atomic mass is 19.1. The van der Waals surface area contributed by atoms with Gasteiger partial charge in [-0.2, -0.15) is 0 Å². The van der Waals surface area contributed by atoms with Gasteiger partial charge >= 0.3 is 0 Å². The SMILES string of the molecule is NNC(=O)c1cn(CCCN2CCC(Cc3ccc(F)cc3)CC2)c2ccccc12. The number of hydrazine groups is 1. The van der Waals surface area contributed by atoms with E-state index in [1.807, 2.05) is 42.6 Å². The molecule has 2 heterocycles. The highest BCUT2D eigenvalue weighted by Gasteiger charge is 2.19. The number of nitrogens with one attached hydrogen (secondary N) is 1. The molecule has 3 N–H and O–H groups in total. The molecule has 5 nitrogen and oxygen atoms in total. The van der Waals surface area contributed by atoms with E-state index in [0.717, 1.165) is 49.9 Å². The summed E-state index contributed by atoms with van der Waals surface area (Å²) in [5.41, 5.74) is 5.15. The van der Waals surface area contributed by atoms with Crippen molar-refractivity contribution < 1.29 is 9.18 Å². The van der Waals surface area contributed by atoms with Crippen LogP contribution in [0.5, 0.6) is 0 Å². The Morgan fingerprint density at radius 3 is 2.53 bits per heavy atom. The molecule has 1 fully saturated rings. The molecule has 1 aliphatic rings. The fraction of sp³-hybridized carbons (Fsp3) is 0.375. The van der Waals surface area contributed by atoms with Crippen LogP contribution in [0.15, 0.2) is 54.7 Å². The molecule has 6 heteroatoms. The van der Waals surface area contributed by atoms with Crippen molar-refractivity contribution in [3.8, 4) is 0 Å². The lowest BCUT2D eigenvalue weighted by atomic mass is 9.90. The van der Waals surface area contributed by atoms with Gasteiger partial charge in [-0.15, -0.1) is 0 Å². The predicted molar refractivity (Wildman–Crippen MR) is 117 cm³/mol. The first-order valence-electron chi connectivity index (χ1n) is 10.7. The van der Waals surface area contributed by atoms with E-state index in [-0.39, 0.29) is 11.7 Å². The van der Waals surface area contributed by atoms with Crippen molar-refractivity contribution in [1.82, 2.24) is 14.9 Å². The molecule has 0 atom stereocenters. The van der Waals surface area contributed by atoms with Crippen molar-refractivity contribution in [3.63, 3.8) is 0 Å². The summed E-state index contributed by atoms with van der Waals surface area (Å²) in [7, 11) is 0. The quantitative estimate of drug-likeness (QED) is 0.356. The van der Waals surface area contributed by atoms with Gasteiger partial charge in [-0.05, 0) is 75.0 Å². The Morgan fingerprint density at radius 1 is 1.07 bits per heavy atom. The number of para-hydroxylation sites is 1. The van der Waals surface area contributed by atoms with Crippen LogP contribution in [0.2, 0.25) is 0 Å². The molecule has 1 saturated heterocycles. The highest BCUT2D eigenvalue weighted by molar-refractivity contribution is 6.06. The number of benzene rings is 2. The lowest BCUT2D eigenvalue weighted by Crippen LogP contribution is -2.35. The van der Waals surface area contributed by atoms with Crippen molar-refractivity contribution in [3.05, 3.63) is 71.7 Å². The molecule has 4 rings (SSSR count). The van der Waals surface area contributed by atoms with Crippen LogP contribution in [-0.4, -0.2) is 35.0 Å². The van der Waals surface area contributed by atoms with Gasteiger partial charge in [0.15, 0.2) is 0 Å². The molecule has 0 aliphatic carbocycles. The molecular formula is C24H29FN4O. The van der Waals surface area contributed by atoms with E-state index in [0.29, 0.717) is 11.5 Å². The Morgan fingerprint density at radius 2 is 1.80 bits per heavy atom. The van der Waals surface area contributed by atoms with Gasteiger partial charge in [0.05, 0.1) is 5.56 Å². The summed E-state index contributed by atoms with van der Waals surface area (Å²) in [4.78, 5) is 14.6. The number of aryl methyl sites for hydroxylation is 1. The second kappa shape index (κ2) is 9.41. The third-order valence-electron chi connectivity index (χ3n) is 6.18. The monoisotopic (exact) mass is 408 g/mol. The summed E-state index contributed by atoms with van der Waals surface area (Å²) in [6, 6.07) is 14.9. The smallest absolute Gasteiger partial charge is 0.267 e. The van der Waals surface area contributed by atoms with Crippen molar-refractivity contribution >= 4 is 16.8 Å². The largest absolute Gasteiger partial charge is 0.347 e. The minimum atomic E-state index is -0.256. The molecule has 0 bridgehead atoms. The molecule has 0 saturated carbocycles. The number of halogens is 1. The predicted octanol–water partition coefficient (Wildman–Crippen LogP) is 3.73. The zero-order valence-corrected chi connectivity index (χ0v) is 17.2. The summed E-state index contributed by atoms with van der Waals surface area (Å²) in [6.07, 6.45) is 6.34. The van der Waals surface area contributed by atoms with E-state index in [9.17, 15) is 9.18 Å². The molecule has 2 aromatic carbocycles. The first-order chi connectivity index (χ1) is 14.6. The summed E-state index contributed by atoms with van der Waals surface area (Å²) >= 11 is 0. The fourth-order valence-electron chi connectivity index (χ4n) is 4.52. The first-order valence-corrected chi connectivity index (χ1v) is 10.7. The summed E-state index contributed by atoms with van der Waals surface area (Å²) in [5.74, 6) is 5.59. The molecule has 30 heavy (non-hydrogen) atoms.